The Morgan fingerprint density at radius 1 is 1.04 bits per heavy atom. The second-order valence-corrected chi connectivity index (χ2v) is 5.98. The van der Waals surface area contributed by atoms with Gasteiger partial charge in [0.05, 0.1) is 24.2 Å². The molecule has 0 amide bonds. The Kier molecular flexibility index (Phi) is 5.30. The molecule has 0 aliphatic carbocycles. The molecule has 1 atom stereocenters. The fraction of sp³-hybridized carbons (Fsp3) is 0.300. The molecule has 27 heavy (non-hydrogen) atoms. The molecule has 0 radical (unpaired) electrons. The molecule has 1 aromatic carbocycles. The number of rotatable bonds is 6. The van der Waals surface area contributed by atoms with Crippen LogP contribution in [0, 0.1) is 5.82 Å². The number of hydrogen-bond donors (Lipinski definition) is 0. The number of carbonyl (C=O) groups is 2. The molecule has 2 heterocycles. The van der Waals surface area contributed by atoms with Crippen molar-refractivity contribution < 1.29 is 23.5 Å². The Morgan fingerprint density at radius 2 is 1.70 bits per heavy atom. The molecule has 2 aromatic heterocycles. The summed E-state index contributed by atoms with van der Waals surface area (Å²) in [5.41, 5.74) is 2.39. The molecule has 0 saturated carbocycles. The summed E-state index contributed by atoms with van der Waals surface area (Å²) in [6, 6.07) is 8.79. The summed E-state index contributed by atoms with van der Waals surface area (Å²) < 4.78 is 26.9. The van der Waals surface area contributed by atoms with Gasteiger partial charge in [0, 0.05) is 11.9 Å². The van der Waals surface area contributed by atoms with E-state index in [0.29, 0.717) is 11.0 Å². The first kappa shape index (κ1) is 18.7. The van der Waals surface area contributed by atoms with Gasteiger partial charge in [-0.1, -0.05) is 0 Å². The fourth-order valence-corrected chi connectivity index (χ4v) is 3.08. The minimum Gasteiger partial charge on any atom is -0.464 e. The van der Waals surface area contributed by atoms with Crippen LogP contribution in [0.4, 0.5) is 4.39 Å². The van der Waals surface area contributed by atoms with Crippen molar-refractivity contribution in [3.05, 3.63) is 54.1 Å². The summed E-state index contributed by atoms with van der Waals surface area (Å²) in [4.78, 5) is 24.7. The first-order valence-electron chi connectivity index (χ1n) is 8.79. The van der Waals surface area contributed by atoms with Crippen LogP contribution in [-0.4, -0.2) is 34.3 Å². The van der Waals surface area contributed by atoms with Gasteiger partial charge in [-0.3, -0.25) is 0 Å². The van der Waals surface area contributed by atoms with E-state index < -0.39 is 18.0 Å². The van der Waals surface area contributed by atoms with Gasteiger partial charge in [0.25, 0.3) is 0 Å². The molecule has 0 fully saturated rings. The number of nitrogens with zero attached hydrogens (tertiary/aromatic N) is 2. The molecule has 0 aliphatic rings. The molecule has 3 aromatic rings. The summed E-state index contributed by atoms with van der Waals surface area (Å²) in [6.07, 6.45) is 1.81. The fourth-order valence-electron chi connectivity index (χ4n) is 3.08. The highest BCUT2D eigenvalue weighted by Crippen LogP contribution is 2.29. The van der Waals surface area contributed by atoms with Gasteiger partial charge in [-0.25, -0.2) is 14.0 Å². The van der Waals surface area contributed by atoms with Crippen molar-refractivity contribution in [1.82, 2.24) is 9.13 Å². The smallest absolute Gasteiger partial charge is 0.355 e. The highest BCUT2D eigenvalue weighted by atomic mass is 19.1. The van der Waals surface area contributed by atoms with E-state index in [1.54, 1.807) is 55.8 Å². The molecule has 0 aliphatic heterocycles. The molecule has 142 valence electrons. The average Bonchev–Trinajstić information content (AvgIpc) is 3.21. The highest BCUT2D eigenvalue weighted by Gasteiger charge is 2.26. The van der Waals surface area contributed by atoms with E-state index in [1.165, 1.54) is 12.1 Å². The second kappa shape index (κ2) is 7.65. The maximum atomic E-state index is 13.2. The zero-order valence-corrected chi connectivity index (χ0v) is 15.4. The lowest BCUT2D eigenvalue weighted by atomic mass is 10.3. The molecule has 0 spiro atoms. The molecule has 6 nitrogen and oxygen atoms in total. The number of ether oxygens (including phenoxy) is 2. The number of halogens is 1. The summed E-state index contributed by atoms with van der Waals surface area (Å²) in [5, 5.41) is 0. The third-order valence-corrected chi connectivity index (χ3v) is 4.30. The molecular formula is C20H21FN2O4. The largest absolute Gasteiger partial charge is 0.464 e. The number of benzene rings is 1. The Hall–Kier alpha value is -3.09. The molecular weight excluding hydrogens is 351 g/mol. The third kappa shape index (κ3) is 3.45. The standard InChI is InChI=1S/C20H21FN2O4/c1-4-26-19(24)13(3)23-16-10-11-22(15-8-6-14(21)7-9-15)17(16)12-18(23)20(25)27-5-2/h6-13H,4-5H2,1-3H3. The van der Waals surface area contributed by atoms with Crippen molar-refractivity contribution in [3.8, 4) is 5.69 Å². The third-order valence-electron chi connectivity index (χ3n) is 4.30. The Bertz CT molecular complexity index is 972. The van der Waals surface area contributed by atoms with Crippen LogP contribution in [0.3, 0.4) is 0 Å². The summed E-state index contributed by atoms with van der Waals surface area (Å²) >= 11 is 0. The summed E-state index contributed by atoms with van der Waals surface area (Å²) in [7, 11) is 0. The Balaban J connectivity index is 2.16. The summed E-state index contributed by atoms with van der Waals surface area (Å²) in [6.45, 7) is 5.60. The molecule has 0 bridgehead atoms. The first-order chi connectivity index (χ1) is 13.0. The van der Waals surface area contributed by atoms with E-state index in [1.807, 2.05) is 4.57 Å². The maximum absolute atomic E-state index is 13.2. The first-order valence-corrected chi connectivity index (χ1v) is 8.79. The van der Waals surface area contributed by atoms with E-state index in [0.717, 1.165) is 5.69 Å². The molecule has 0 N–H and O–H groups in total. The lowest BCUT2D eigenvalue weighted by molar-refractivity contribution is -0.146. The van der Waals surface area contributed by atoms with Gasteiger partial charge >= 0.3 is 11.9 Å². The molecule has 1 unspecified atom stereocenters. The molecule has 0 saturated heterocycles. The van der Waals surface area contributed by atoms with Crippen molar-refractivity contribution in [3.63, 3.8) is 0 Å². The lowest BCUT2D eigenvalue weighted by Gasteiger charge is -2.16. The van der Waals surface area contributed by atoms with Crippen LogP contribution in [0.15, 0.2) is 42.6 Å². The Morgan fingerprint density at radius 3 is 2.33 bits per heavy atom. The number of aromatic nitrogens is 2. The normalized spacial score (nSPS) is 12.1. The zero-order valence-electron chi connectivity index (χ0n) is 15.4. The topological polar surface area (TPSA) is 62.5 Å². The quantitative estimate of drug-likeness (QED) is 0.616. The van der Waals surface area contributed by atoms with Crippen LogP contribution in [0.5, 0.6) is 0 Å². The SMILES string of the molecule is CCOC(=O)c1cc2c(ccn2-c2ccc(F)cc2)n1C(C)C(=O)OCC. The van der Waals surface area contributed by atoms with Gasteiger partial charge in [-0.2, -0.15) is 0 Å². The number of hydrogen-bond acceptors (Lipinski definition) is 4. The van der Waals surface area contributed by atoms with Crippen molar-refractivity contribution in [1.29, 1.82) is 0 Å². The average molecular weight is 372 g/mol. The van der Waals surface area contributed by atoms with Gasteiger partial charge in [0.15, 0.2) is 0 Å². The van der Waals surface area contributed by atoms with Crippen LogP contribution < -0.4 is 0 Å². The van der Waals surface area contributed by atoms with Crippen molar-refractivity contribution in [2.24, 2.45) is 0 Å². The zero-order chi connectivity index (χ0) is 19.6. The van der Waals surface area contributed by atoms with E-state index in [9.17, 15) is 14.0 Å². The highest BCUT2D eigenvalue weighted by molar-refractivity contribution is 5.96. The maximum Gasteiger partial charge on any atom is 0.355 e. The van der Waals surface area contributed by atoms with Gasteiger partial charge in [-0.15, -0.1) is 0 Å². The van der Waals surface area contributed by atoms with E-state index >= 15 is 0 Å². The number of carbonyl (C=O) groups excluding carboxylic acids is 2. The van der Waals surface area contributed by atoms with E-state index in [2.05, 4.69) is 0 Å². The van der Waals surface area contributed by atoms with E-state index in [4.69, 9.17) is 9.47 Å². The van der Waals surface area contributed by atoms with Gasteiger partial charge in [0.2, 0.25) is 0 Å². The molecule has 3 rings (SSSR count). The van der Waals surface area contributed by atoms with Crippen molar-refractivity contribution in [2.45, 2.75) is 26.8 Å². The predicted molar refractivity (Wildman–Crippen MR) is 98.5 cm³/mol. The minimum absolute atomic E-state index is 0.222. The van der Waals surface area contributed by atoms with Crippen molar-refractivity contribution in [2.75, 3.05) is 13.2 Å². The van der Waals surface area contributed by atoms with Gasteiger partial charge < -0.3 is 18.6 Å². The number of esters is 2. The predicted octanol–water partition coefficient (Wildman–Crippen LogP) is 3.87. The van der Waals surface area contributed by atoms with Gasteiger partial charge in [0.1, 0.15) is 17.6 Å². The van der Waals surface area contributed by atoms with E-state index in [-0.39, 0.29) is 24.7 Å². The lowest BCUT2D eigenvalue weighted by Crippen LogP contribution is -2.23. The number of fused-ring (bicyclic) bond motifs is 1. The summed E-state index contributed by atoms with van der Waals surface area (Å²) in [5.74, 6) is -1.28. The van der Waals surface area contributed by atoms with Gasteiger partial charge in [-0.05, 0) is 57.2 Å². The van der Waals surface area contributed by atoms with Crippen LogP contribution in [0.25, 0.3) is 16.7 Å². The van der Waals surface area contributed by atoms with Crippen LogP contribution in [0.2, 0.25) is 0 Å². The van der Waals surface area contributed by atoms with Crippen LogP contribution in [0.1, 0.15) is 37.3 Å². The Labute approximate surface area is 156 Å². The van der Waals surface area contributed by atoms with Crippen molar-refractivity contribution >= 4 is 23.0 Å². The minimum atomic E-state index is -0.703. The van der Waals surface area contributed by atoms with Crippen LogP contribution in [-0.2, 0) is 14.3 Å². The monoisotopic (exact) mass is 372 g/mol. The van der Waals surface area contributed by atoms with Crippen LogP contribution >= 0.6 is 0 Å². The second-order valence-electron chi connectivity index (χ2n) is 5.98. The molecule has 7 heteroatoms.